The van der Waals surface area contributed by atoms with E-state index in [-0.39, 0.29) is 36.4 Å². The van der Waals surface area contributed by atoms with Crippen LogP contribution in [0.5, 0.6) is 5.75 Å². The van der Waals surface area contributed by atoms with Crippen molar-refractivity contribution in [3.8, 4) is 5.75 Å². The quantitative estimate of drug-likeness (QED) is 0.626. The van der Waals surface area contributed by atoms with Crippen LogP contribution in [0.3, 0.4) is 0 Å². The van der Waals surface area contributed by atoms with Gasteiger partial charge in [-0.15, -0.1) is 0 Å². The van der Waals surface area contributed by atoms with E-state index < -0.39 is 6.04 Å². The molecule has 0 fully saturated rings. The molecular weight excluding hydrogens is 412 g/mol. The number of carbonyl (C=O) groups is 2. The number of para-hydroxylation sites is 1. The molecule has 1 atom stereocenters. The van der Waals surface area contributed by atoms with Crippen molar-refractivity contribution < 1.29 is 14.3 Å². The lowest BCUT2D eigenvalue weighted by molar-refractivity contribution is -0.142. The average Bonchev–Trinajstić information content (AvgIpc) is 2.68. The number of rotatable bonds is 8. The van der Waals surface area contributed by atoms with Gasteiger partial charge in [-0.05, 0) is 55.5 Å². The lowest BCUT2D eigenvalue weighted by atomic mass is 9.86. The molecule has 2 rings (SSSR count). The molecule has 0 aromatic heterocycles. The van der Waals surface area contributed by atoms with Crippen LogP contribution in [0.25, 0.3) is 0 Å². The number of ether oxygens (including phenoxy) is 1. The first-order valence-electron chi connectivity index (χ1n) is 10.6. The van der Waals surface area contributed by atoms with Crippen LogP contribution in [0.15, 0.2) is 48.5 Å². The summed E-state index contributed by atoms with van der Waals surface area (Å²) >= 11 is 6.11. The molecule has 0 bridgehead atoms. The van der Waals surface area contributed by atoms with E-state index in [1.165, 1.54) is 4.90 Å². The van der Waals surface area contributed by atoms with Crippen molar-refractivity contribution in [1.82, 2.24) is 10.2 Å². The van der Waals surface area contributed by atoms with Gasteiger partial charge in [0.25, 0.3) is 5.91 Å². The SMILES string of the molecule is CC(C)NC(=O)C(C)N(Cc1cccc(Cl)c1)C(=O)COc1ccccc1C(C)(C)C. The fourth-order valence-corrected chi connectivity index (χ4v) is 3.47. The van der Waals surface area contributed by atoms with Crippen LogP contribution in [0.1, 0.15) is 52.7 Å². The molecule has 0 saturated heterocycles. The third-order valence-electron chi connectivity index (χ3n) is 4.89. The third-order valence-corrected chi connectivity index (χ3v) is 5.12. The van der Waals surface area contributed by atoms with Crippen molar-refractivity contribution in [2.75, 3.05) is 6.61 Å². The Balaban J connectivity index is 2.23. The highest BCUT2D eigenvalue weighted by Crippen LogP contribution is 2.31. The first-order valence-corrected chi connectivity index (χ1v) is 10.9. The maximum absolute atomic E-state index is 13.2. The van der Waals surface area contributed by atoms with Crippen molar-refractivity contribution in [2.45, 2.75) is 65.6 Å². The van der Waals surface area contributed by atoms with E-state index in [2.05, 4.69) is 26.1 Å². The van der Waals surface area contributed by atoms with E-state index in [9.17, 15) is 9.59 Å². The van der Waals surface area contributed by atoms with Gasteiger partial charge >= 0.3 is 0 Å². The molecule has 2 aromatic rings. The molecule has 0 aliphatic rings. The monoisotopic (exact) mass is 444 g/mol. The summed E-state index contributed by atoms with van der Waals surface area (Å²) in [5, 5.41) is 3.46. The number of hydrogen-bond donors (Lipinski definition) is 1. The van der Waals surface area contributed by atoms with Crippen LogP contribution in [0.4, 0.5) is 0 Å². The number of carbonyl (C=O) groups excluding carboxylic acids is 2. The summed E-state index contributed by atoms with van der Waals surface area (Å²) in [6.45, 7) is 11.9. The van der Waals surface area contributed by atoms with Crippen LogP contribution in [-0.2, 0) is 21.5 Å². The number of halogens is 1. The normalized spacial score (nSPS) is 12.4. The number of nitrogens with one attached hydrogen (secondary N) is 1. The fraction of sp³-hybridized carbons (Fsp3) is 0.440. The van der Waals surface area contributed by atoms with E-state index >= 15 is 0 Å². The molecule has 31 heavy (non-hydrogen) atoms. The van der Waals surface area contributed by atoms with Crippen LogP contribution in [0.2, 0.25) is 5.02 Å². The van der Waals surface area contributed by atoms with Crippen molar-refractivity contribution >= 4 is 23.4 Å². The summed E-state index contributed by atoms with van der Waals surface area (Å²) in [6, 6.07) is 14.3. The third kappa shape index (κ3) is 7.28. The van der Waals surface area contributed by atoms with Gasteiger partial charge < -0.3 is 15.0 Å². The molecular formula is C25H33ClN2O3. The Morgan fingerprint density at radius 2 is 1.74 bits per heavy atom. The number of benzene rings is 2. The summed E-state index contributed by atoms with van der Waals surface area (Å²) in [7, 11) is 0. The van der Waals surface area contributed by atoms with E-state index in [1.54, 1.807) is 19.1 Å². The second-order valence-electron chi connectivity index (χ2n) is 9.03. The summed E-state index contributed by atoms with van der Waals surface area (Å²) < 4.78 is 5.93. The van der Waals surface area contributed by atoms with Crippen LogP contribution in [0, 0.1) is 0 Å². The summed E-state index contributed by atoms with van der Waals surface area (Å²) in [4.78, 5) is 27.4. The van der Waals surface area contributed by atoms with Crippen LogP contribution in [-0.4, -0.2) is 35.4 Å². The maximum Gasteiger partial charge on any atom is 0.261 e. The molecule has 1 unspecified atom stereocenters. The van der Waals surface area contributed by atoms with E-state index in [4.69, 9.17) is 16.3 Å². The van der Waals surface area contributed by atoms with E-state index in [0.717, 1.165) is 11.1 Å². The Morgan fingerprint density at radius 1 is 1.06 bits per heavy atom. The highest BCUT2D eigenvalue weighted by atomic mass is 35.5. The van der Waals surface area contributed by atoms with Crippen molar-refractivity contribution in [2.24, 2.45) is 0 Å². The lowest BCUT2D eigenvalue weighted by Gasteiger charge is -2.30. The first-order chi connectivity index (χ1) is 14.5. The van der Waals surface area contributed by atoms with E-state index in [1.807, 2.05) is 50.2 Å². The molecule has 1 N–H and O–H groups in total. The molecule has 2 amide bonds. The Morgan fingerprint density at radius 3 is 2.35 bits per heavy atom. The van der Waals surface area contributed by atoms with Gasteiger partial charge in [-0.1, -0.05) is 62.7 Å². The van der Waals surface area contributed by atoms with Crippen molar-refractivity contribution in [1.29, 1.82) is 0 Å². The van der Waals surface area contributed by atoms with Gasteiger partial charge in [0.15, 0.2) is 6.61 Å². The summed E-state index contributed by atoms with van der Waals surface area (Å²) in [6.07, 6.45) is 0. The van der Waals surface area contributed by atoms with Crippen LogP contribution >= 0.6 is 11.6 Å². The van der Waals surface area contributed by atoms with Gasteiger partial charge in [-0.2, -0.15) is 0 Å². The minimum absolute atomic E-state index is 0.0204. The number of hydrogen-bond acceptors (Lipinski definition) is 3. The second kappa shape index (κ2) is 10.7. The highest BCUT2D eigenvalue weighted by molar-refractivity contribution is 6.30. The molecule has 0 aliphatic carbocycles. The average molecular weight is 445 g/mol. The molecule has 0 saturated carbocycles. The second-order valence-corrected chi connectivity index (χ2v) is 9.46. The molecule has 0 spiro atoms. The molecule has 0 radical (unpaired) electrons. The topological polar surface area (TPSA) is 58.6 Å². The molecule has 6 heteroatoms. The predicted octanol–water partition coefficient (Wildman–Crippen LogP) is 4.96. The molecule has 5 nitrogen and oxygen atoms in total. The smallest absolute Gasteiger partial charge is 0.261 e. The largest absolute Gasteiger partial charge is 0.483 e. The van der Waals surface area contributed by atoms with Gasteiger partial charge in [0, 0.05) is 17.6 Å². The van der Waals surface area contributed by atoms with E-state index in [0.29, 0.717) is 10.8 Å². The summed E-state index contributed by atoms with van der Waals surface area (Å²) in [5.41, 5.74) is 1.75. The van der Waals surface area contributed by atoms with Gasteiger partial charge in [0.05, 0.1) is 0 Å². The first kappa shape index (κ1) is 24.7. The Bertz CT molecular complexity index is 906. The van der Waals surface area contributed by atoms with Crippen LogP contribution < -0.4 is 10.1 Å². The zero-order valence-electron chi connectivity index (χ0n) is 19.2. The predicted molar refractivity (Wildman–Crippen MR) is 125 cm³/mol. The minimum Gasteiger partial charge on any atom is -0.483 e. The lowest BCUT2D eigenvalue weighted by Crippen LogP contribution is -2.50. The van der Waals surface area contributed by atoms with Gasteiger partial charge in [-0.3, -0.25) is 9.59 Å². The Labute approximate surface area is 190 Å². The Kier molecular flexibility index (Phi) is 8.52. The number of amides is 2. The summed E-state index contributed by atoms with van der Waals surface area (Å²) in [5.74, 6) is 0.195. The number of nitrogens with zero attached hydrogens (tertiary/aromatic N) is 1. The standard InChI is InChI=1S/C25H33ClN2O3/c1-17(2)27-24(30)18(3)28(15-19-10-9-11-20(26)14-19)23(29)16-31-22-13-8-7-12-21(22)25(4,5)6/h7-14,17-18H,15-16H2,1-6H3,(H,27,30). The zero-order valence-corrected chi connectivity index (χ0v) is 20.0. The highest BCUT2D eigenvalue weighted by Gasteiger charge is 2.27. The fourth-order valence-electron chi connectivity index (χ4n) is 3.25. The maximum atomic E-state index is 13.2. The van der Waals surface area contributed by atoms with Crippen molar-refractivity contribution in [3.63, 3.8) is 0 Å². The van der Waals surface area contributed by atoms with Gasteiger partial charge in [0.1, 0.15) is 11.8 Å². The molecule has 0 aliphatic heterocycles. The molecule has 168 valence electrons. The zero-order chi connectivity index (χ0) is 23.2. The molecule has 2 aromatic carbocycles. The van der Waals surface area contributed by atoms with Crippen molar-refractivity contribution in [3.05, 3.63) is 64.7 Å². The van der Waals surface area contributed by atoms with Gasteiger partial charge in [-0.25, -0.2) is 0 Å². The minimum atomic E-state index is -0.657. The molecule has 0 heterocycles. The Hall–Kier alpha value is -2.53. The van der Waals surface area contributed by atoms with Gasteiger partial charge in [0.2, 0.25) is 5.91 Å².